The number of ether oxygens (including phenoxy) is 1. The van der Waals surface area contributed by atoms with Crippen molar-refractivity contribution in [1.29, 1.82) is 0 Å². The van der Waals surface area contributed by atoms with Gasteiger partial charge in [0, 0.05) is 13.0 Å². The summed E-state index contributed by atoms with van der Waals surface area (Å²) in [6.07, 6.45) is 1.91. The zero-order valence-electron chi connectivity index (χ0n) is 12.1. The summed E-state index contributed by atoms with van der Waals surface area (Å²) in [5.41, 5.74) is 0. The van der Waals surface area contributed by atoms with E-state index in [-0.39, 0.29) is 17.9 Å². The maximum absolute atomic E-state index is 12.4. The molecule has 1 aliphatic carbocycles. The molecule has 1 aromatic rings. The summed E-state index contributed by atoms with van der Waals surface area (Å²) in [5.74, 6) is -1.18. The van der Waals surface area contributed by atoms with Gasteiger partial charge in [-0.15, -0.1) is 0 Å². The number of aliphatic carboxylic acids is 1. The predicted octanol–water partition coefficient (Wildman–Crippen LogP) is 2.43. The Morgan fingerprint density at radius 1 is 1.18 bits per heavy atom. The van der Waals surface area contributed by atoms with E-state index in [2.05, 4.69) is 0 Å². The molecule has 3 atom stereocenters. The first-order valence-corrected chi connectivity index (χ1v) is 7.87. The van der Waals surface area contributed by atoms with Crippen LogP contribution in [0, 0.1) is 11.8 Å². The third-order valence-corrected chi connectivity index (χ3v) is 4.81. The van der Waals surface area contributed by atoms with Gasteiger partial charge in [0.05, 0.1) is 23.4 Å². The van der Waals surface area contributed by atoms with Crippen molar-refractivity contribution >= 4 is 23.5 Å². The fourth-order valence-corrected chi connectivity index (χ4v) is 3.25. The van der Waals surface area contributed by atoms with Crippen molar-refractivity contribution in [2.75, 3.05) is 13.1 Å². The lowest BCUT2D eigenvalue weighted by atomic mass is 9.73. The van der Waals surface area contributed by atoms with E-state index in [1.165, 1.54) is 0 Å². The Balaban J connectivity index is 1.57. The lowest BCUT2D eigenvalue weighted by molar-refractivity contribution is -0.156. The number of carboxylic acids is 1. The van der Waals surface area contributed by atoms with Crippen LogP contribution in [-0.2, 0) is 9.59 Å². The van der Waals surface area contributed by atoms with E-state index in [0.29, 0.717) is 36.7 Å². The van der Waals surface area contributed by atoms with Crippen molar-refractivity contribution in [3.05, 3.63) is 29.3 Å². The molecule has 22 heavy (non-hydrogen) atoms. The SMILES string of the molecule is O=C(O)C1CCC1C(=O)N1CCC(Oc2ccccc2Cl)C1. The molecular formula is C16H18ClNO4. The third kappa shape index (κ3) is 2.90. The summed E-state index contributed by atoms with van der Waals surface area (Å²) in [4.78, 5) is 25.2. The summed E-state index contributed by atoms with van der Waals surface area (Å²) >= 11 is 6.07. The summed E-state index contributed by atoms with van der Waals surface area (Å²) in [6.45, 7) is 1.10. The lowest BCUT2D eigenvalue weighted by Gasteiger charge is -2.34. The summed E-state index contributed by atoms with van der Waals surface area (Å²) < 4.78 is 5.85. The molecule has 2 aliphatic rings. The highest BCUT2D eigenvalue weighted by molar-refractivity contribution is 6.32. The molecule has 0 radical (unpaired) electrons. The normalized spacial score (nSPS) is 27.3. The molecule has 5 nitrogen and oxygen atoms in total. The van der Waals surface area contributed by atoms with Crippen molar-refractivity contribution in [2.45, 2.75) is 25.4 Å². The monoisotopic (exact) mass is 323 g/mol. The number of carboxylic acid groups (broad SMARTS) is 1. The van der Waals surface area contributed by atoms with Gasteiger partial charge in [0.25, 0.3) is 0 Å². The fourth-order valence-electron chi connectivity index (χ4n) is 3.07. The zero-order valence-corrected chi connectivity index (χ0v) is 12.8. The first-order valence-electron chi connectivity index (χ1n) is 7.49. The minimum Gasteiger partial charge on any atom is -0.487 e. The van der Waals surface area contributed by atoms with Gasteiger partial charge in [-0.3, -0.25) is 9.59 Å². The number of amides is 1. The number of carbonyl (C=O) groups is 2. The van der Waals surface area contributed by atoms with Gasteiger partial charge in [-0.25, -0.2) is 0 Å². The highest BCUT2D eigenvalue weighted by Gasteiger charge is 2.44. The molecule has 0 spiro atoms. The second kappa shape index (κ2) is 6.16. The van der Waals surface area contributed by atoms with Crippen LogP contribution in [0.15, 0.2) is 24.3 Å². The lowest BCUT2D eigenvalue weighted by Crippen LogP contribution is -2.45. The molecule has 1 N–H and O–H groups in total. The first kappa shape index (κ1) is 15.2. The van der Waals surface area contributed by atoms with Crippen molar-refractivity contribution in [3.63, 3.8) is 0 Å². The number of hydrogen-bond acceptors (Lipinski definition) is 3. The van der Waals surface area contributed by atoms with Gasteiger partial charge in [0.2, 0.25) is 5.91 Å². The largest absolute Gasteiger partial charge is 0.487 e. The van der Waals surface area contributed by atoms with E-state index in [1.54, 1.807) is 17.0 Å². The second-order valence-electron chi connectivity index (χ2n) is 5.87. The van der Waals surface area contributed by atoms with Gasteiger partial charge < -0.3 is 14.7 Å². The smallest absolute Gasteiger partial charge is 0.307 e. The second-order valence-corrected chi connectivity index (χ2v) is 6.28. The standard InChI is InChI=1S/C16H18ClNO4/c17-13-3-1-2-4-14(13)22-10-7-8-18(9-10)15(19)11-5-6-12(11)16(20)21/h1-4,10-12H,5-9H2,(H,20,21). The minimum absolute atomic E-state index is 0.0519. The predicted molar refractivity (Wildman–Crippen MR) is 80.9 cm³/mol. The molecular weight excluding hydrogens is 306 g/mol. The Bertz CT molecular complexity index is 591. The van der Waals surface area contributed by atoms with E-state index in [0.717, 1.165) is 6.42 Å². The van der Waals surface area contributed by atoms with E-state index < -0.39 is 11.9 Å². The highest BCUT2D eigenvalue weighted by atomic mass is 35.5. The average Bonchev–Trinajstić information content (AvgIpc) is 2.88. The molecule has 1 aliphatic heterocycles. The number of benzene rings is 1. The number of carbonyl (C=O) groups excluding carboxylic acids is 1. The number of rotatable bonds is 4. The average molecular weight is 324 g/mol. The van der Waals surface area contributed by atoms with Crippen LogP contribution < -0.4 is 4.74 Å². The quantitative estimate of drug-likeness (QED) is 0.924. The van der Waals surface area contributed by atoms with Crippen molar-refractivity contribution in [1.82, 2.24) is 4.90 Å². The molecule has 0 aromatic heterocycles. The zero-order chi connectivity index (χ0) is 15.7. The molecule has 118 valence electrons. The van der Waals surface area contributed by atoms with Gasteiger partial charge in [-0.2, -0.15) is 0 Å². The molecule has 2 fully saturated rings. The van der Waals surface area contributed by atoms with Gasteiger partial charge in [-0.05, 0) is 25.0 Å². The third-order valence-electron chi connectivity index (χ3n) is 4.50. The molecule has 3 rings (SSSR count). The van der Waals surface area contributed by atoms with Crippen LogP contribution in [0.4, 0.5) is 0 Å². The fraction of sp³-hybridized carbons (Fsp3) is 0.500. The van der Waals surface area contributed by atoms with Crippen LogP contribution in [0.1, 0.15) is 19.3 Å². The van der Waals surface area contributed by atoms with Crippen molar-refractivity contribution < 1.29 is 19.4 Å². The molecule has 1 amide bonds. The van der Waals surface area contributed by atoms with Gasteiger partial charge in [0.1, 0.15) is 11.9 Å². The van der Waals surface area contributed by atoms with Crippen LogP contribution in [-0.4, -0.2) is 41.1 Å². The van der Waals surface area contributed by atoms with E-state index in [4.69, 9.17) is 21.4 Å². The van der Waals surface area contributed by atoms with E-state index in [9.17, 15) is 9.59 Å². The molecule has 6 heteroatoms. The Morgan fingerprint density at radius 2 is 1.91 bits per heavy atom. The van der Waals surface area contributed by atoms with Crippen molar-refractivity contribution in [3.8, 4) is 5.75 Å². The van der Waals surface area contributed by atoms with E-state index >= 15 is 0 Å². The number of nitrogens with zero attached hydrogens (tertiary/aromatic N) is 1. The summed E-state index contributed by atoms with van der Waals surface area (Å²) in [7, 11) is 0. The van der Waals surface area contributed by atoms with E-state index in [1.807, 2.05) is 12.1 Å². The Labute approximate surface area is 133 Å². The van der Waals surface area contributed by atoms with Gasteiger partial charge in [0.15, 0.2) is 0 Å². The highest BCUT2D eigenvalue weighted by Crippen LogP contribution is 2.37. The van der Waals surface area contributed by atoms with Gasteiger partial charge in [-0.1, -0.05) is 23.7 Å². The Morgan fingerprint density at radius 3 is 2.55 bits per heavy atom. The van der Waals surface area contributed by atoms with Gasteiger partial charge >= 0.3 is 5.97 Å². The number of para-hydroxylation sites is 1. The van der Waals surface area contributed by atoms with Crippen LogP contribution in [0.5, 0.6) is 5.75 Å². The Kier molecular flexibility index (Phi) is 4.25. The van der Waals surface area contributed by atoms with Crippen molar-refractivity contribution in [2.24, 2.45) is 11.8 Å². The molecule has 1 saturated heterocycles. The van der Waals surface area contributed by atoms with Crippen LogP contribution in [0.25, 0.3) is 0 Å². The number of halogens is 1. The molecule has 1 saturated carbocycles. The Hall–Kier alpha value is -1.75. The summed E-state index contributed by atoms with van der Waals surface area (Å²) in [6, 6.07) is 7.26. The topological polar surface area (TPSA) is 66.8 Å². The van der Waals surface area contributed by atoms with Crippen LogP contribution in [0.3, 0.4) is 0 Å². The maximum atomic E-state index is 12.4. The molecule has 3 unspecified atom stereocenters. The first-order chi connectivity index (χ1) is 10.6. The number of hydrogen-bond donors (Lipinski definition) is 1. The molecule has 1 heterocycles. The van der Waals surface area contributed by atoms with Crippen LogP contribution in [0.2, 0.25) is 5.02 Å². The molecule has 0 bridgehead atoms. The van der Waals surface area contributed by atoms with Crippen LogP contribution >= 0.6 is 11.6 Å². The minimum atomic E-state index is -0.868. The molecule has 1 aromatic carbocycles. The summed E-state index contributed by atoms with van der Waals surface area (Å²) in [5, 5.41) is 9.62. The maximum Gasteiger partial charge on any atom is 0.307 e. The number of likely N-dealkylation sites (tertiary alicyclic amines) is 1.